The summed E-state index contributed by atoms with van der Waals surface area (Å²) in [6.07, 6.45) is 7.22. The number of hydrogen-bond acceptors (Lipinski definition) is 4. The number of para-hydroxylation sites is 2. The highest BCUT2D eigenvalue weighted by Crippen LogP contribution is 2.31. The summed E-state index contributed by atoms with van der Waals surface area (Å²) in [5, 5.41) is 7.87. The van der Waals surface area contributed by atoms with Gasteiger partial charge >= 0.3 is 6.03 Å². The number of terminal acetylenes is 1. The van der Waals surface area contributed by atoms with Crippen molar-refractivity contribution >= 4 is 34.6 Å². The number of thiazole rings is 1. The largest absolute Gasteiger partial charge is 0.380 e. The fourth-order valence-electron chi connectivity index (χ4n) is 3.00. The van der Waals surface area contributed by atoms with Gasteiger partial charge in [0, 0.05) is 30.7 Å². The molecule has 0 radical (unpaired) electrons. The van der Waals surface area contributed by atoms with Crippen LogP contribution in [0, 0.1) is 24.8 Å². The van der Waals surface area contributed by atoms with Crippen molar-refractivity contribution in [3.8, 4) is 12.3 Å². The van der Waals surface area contributed by atoms with Crippen LogP contribution in [0.15, 0.2) is 29.6 Å². The van der Waals surface area contributed by atoms with Crippen molar-refractivity contribution in [1.82, 2.24) is 10.3 Å². The molecular weight excluding hydrogens is 346 g/mol. The molecule has 26 heavy (non-hydrogen) atoms. The van der Waals surface area contributed by atoms with Crippen LogP contribution in [-0.2, 0) is 0 Å². The van der Waals surface area contributed by atoms with E-state index in [1.165, 1.54) is 11.3 Å². The van der Waals surface area contributed by atoms with Gasteiger partial charge in [-0.3, -0.25) is 5.32 Å². The zero-order valence-electron chi connectivity index (χ0n) is 14.2. The van der Waals surface area contributed by atoms with Crippen LogP contribution in [0.5, 0.6) is 0 Å². The number of hydrogen-bond donors (Lipinski definition) is 2. The van der Waals surface area contributed by atoms with E-state index in [2.05, 4.69) is 31.3 Å². The van der Waals surface area contributed by atoms with E-state index in [1.54, 1.807) is 5.38 Å². The van der Waals surface area contributed by atoms with Gasteiger partial charge in [-0.1, -0.05) is 18.2 Å². The van der Waals surface area contributed by atoms with Crippen molar-refractivity contribution in [2.75, 3.05) is 29.9 Å². The predicted octanol–water partition coefficient (Wildman–Crippen LogP) is 3.71. The summed E-state index contributed by atoms with van der Waals surface area (Å²) in [5.41, 5.74) is 1.69. The lowest BCUT2D eigenvalue weighted by Gasteiger charge is -2.34. The lowest BCUT2D eigenvalue weighted by atomic mass is 9.96. The summed E-state index contributed by atoms with van der Waals surface area (Å²) < 4.78 is 0. The maximum absolute atomic E-state index is 12.0. The Kier molecular flexibility index (Phi) is 5.73. The number of anilines is 2. The van der Waals surface area contributed by atoms with Crippen LogP contribution < -0.4 is 15.5 Å². The number of benzene rings is 1. The topological polar surface area (TPSA) is 61.6 Å². The quantitative estimate of drug-likeness (QED) is 0.641. The molecule has 0 atom stereocenters. The van der Waals surface area contributed by atoms with Crippen LogP contribution in [0.2, 0.25) is 0 Å². The molecule has 7 heteroatoms. The Balaban J connectivity index is 1.45. The molecule has 1 fully saturated rings. The van der Waals surface area contributed by atoms with E-state index in [9.17, 15) is 4.79 Å². The van der Waals surface area contributed by atoms with Gasteiger partial charge in [-0.15, -0.1) is 17.8 Å². The summed E-state index contributed by atoms with van der Waals surface area (Å²) in [6.45, 7) is 9.69. The highest BCUT2D eigenvalue weighted by Gasteiger charge is 2.21. The minimum absolute atomic E-state index is 0.264. The Labute approximate surface area is 157 Å². The molecule has 1 aromatic carbocycles. The molecule has 2 heterocycles. The molecule has 0 bridgehead atoms. The van der Waals surface area contributed by atoms with Crippen molar-refractivity contribution in [3.05, 3.63) is 46.1 Å². The van der Waals surface area contributed by atoms with E-state index >= 15 is 0 Å². The fraction of sp³-hybridized carbons (Fsp3) is 0.316. The van der Waals surface area contributed by atoms with Gasteiger partial charge in [-0.25, -0.2) is 14.6 Å². The molecule has 1 aliphatic heterocycles. The zero-order valence-corrected chi connectivity index (χ0v) is 15.1. The molecule has 0 unspecified atom stereocenters. The third kappa shape index (κ3) is 4.33. The number of aromatic nitrogens is 1. The highest BCUT2D eigenvalue weighted by molar-refractivity contribution is 7.10. The molecule has 0 spiro atoms. The van der Waals surface area contributed by atoms with Crippen LogP contribution in [0.1, 0.15) is 17.8 Å². The summed E-state index contributed by atoms with van der Waals surface area (Å²) in [4.78, 5) is 21.9. The molecule has 2 amide bonds. The molecule has 3 rings (SSSR count). The Morgan fingerprint density at radius 1 is 1.42 bits per heavy atom. The lowest BCUT2D eigenvalue weighted by Crippen LogP contribution is -2.39. The van der Waals surface area contributed by atoms with Gasteiger partial charge in [0.25, 0.3) is 0 Å². The molecular formula is C19H19N5OS. The first kappa shape index (κ1) is 17.8. The maximum atomic E-state index is 12.0. The van der Waals surface area contributed by atoms with Crippen LogP contribution >= 0.6 is 11.3 Å². The number of nitrogens with zero attached hydrogens (tertiary/aromatic N) is 3. The first-order valence-corrected chi connectivity index (χ1v) is 9.26. The highest BCUT2D eigenvalue weighted by atomic mass is 32.1. The number of nitrogens with one attached hydrogen (secondary N) is 2. The monoisotopic (exact) mass is 365 g/mol. The molecule has 1 saturated heterocycles. The average molecular weight is 365 g/mol. The molecule has 1 aromatic heterocycles. The third-order valence-electron chi connectivity index (χ3n) is 4.38. The molecule has 1 aliphatic rings. The van der Waals surface area contributed by atoms with Crippen LogP contribution in [0.4, 0.5) is 22.0 Å². The van der Waals surface area contributed by atoms with E-state index in [1.807, 2.05) is 24.3 Å². The van der Waals surface area contributed by atoms with Gasteiger partial charge in [0.2, 0.25) is 5.69 Å². The number of carbonyl (C=O) groups is 1. The van der Waals surface area contributed by atoms with Crippen LogP contribution in [0.3, 0.4) is 0 Å². The molecule has 0 saturated carbocycles. The lowest BCUT2D eigenvalue weighted by molar-refractivity contribution is 0.248. The number of amides is 2. The SMILES string of the molecule is [C-]#[N+]c1ccccc1N1CCC(CNC(=O)Nc2csc(C#C)n2)CC1. The second-order valence-corrected chi connectivity index (χ2v) is 6.91. The predicted molar refractivity (Wildman–Crippen MR) is 105 cm³/mol. The minimum Gasteiger partial charge on any atom is -0.380 e. The molecule has 0 aliphatic carbocycles. The van der Waals surface area contributed by atoms with E-state index in [4.69, 9.17) is 13.0 Å². The van der Waals surface area contributed by atoms with Gasteiger partial charge < -0.3 is 10.2 Å². The van der Waals surface area contributed by atoms with Crippen LogP contribution in [-0.4, -0.2) is 30.6 Å². The molecule has 2 aromatic rings. The number of carbonyl (C=O) groups excluding carboxylic acids is 1. The number of urea groups is 1. The van der Waals surface area contributed by atoms with Gasteiger partial charge in [0.15, 0.2) is 5.01 Å². The normalized spacial score (nSPS) is 14.3. The number of rotatable bonds is 4. The van der Waals surface area contributed by atoms with Crippen molar-refractivity contribution in [2.45, 2.75) is 12.8 Å². The van der Waals surface area contributed by atoms with Crippen molar-refractivity contribution in [2.24, 2.45) is 5.92 Å². The molecule has 132 valence electrons. The van der Waals surface area contributed by atoms with Gasteiger partial charge in [-0.2, -0.15) is 0 Å². The van der Waals surface area contributed by atoms with Gasteiger partial charge in [0.05, 0.1) is 6.57 Å². The van der Waals surface area contributed by atoms with Crippen molar-refractivity contribution in [3.63, 3.8) is 0 Å². The average Bonchev–Trinajstić information content (AvgIpc) is 3.14. The second kappa shape index (κ2) is 8.37. The first-order valence-electron chi connectivity index (χ1n) is 8.38. The smallest absolute Gasteiger partial charge is 0.320 e. The summed E-state index contributed by atoms with van der Waals surface area (Å²) in [6, 6.07) is 7.44. The van der Waals surface area contributed by atoms with E-state index in [-0.39, 0.29) is 6.03 Å². The Hall–Kier alpha value is -3.03. The number of piperidine rings is 1. The van der Waals surface area contributed by atoms with Gasteiger partial charge in [0.1, 0.15) is 5.82 Å². The summed E-state index contributed by atoms with van der Waals surface area (Å²) in [7, 11) is 0. The Morgan fingerprint density at radius 3 is 2.88 bits per heavy atom. The van der Waals surface area contributed by atoms with E-state index < -0.39 is 0 Å². The van der Waals surface area contributed by atoms with Crippen LogP contribution in [0.25, 0.3) is 4.85 Å². The summed E-state index contributed by atoms with van der Waals surface area (Å²) >= 11 is 1.32. The minimum atomic E-state index is -0.264. The van der Waals surface area contributed by atoms with Crippen molar-refractivity contribution in [1.29, 1.82) is 0 Å². The summed E-state index contributed by atoms with van der Waals surface area (Å²) in [5.74, 6) is 3.35. The second-order valence-electron chi connectivity index (χ2n) is 6.05. The van der Waals surface area contributed by atoms with Crippen molar-refractivity contribution < 1.29 is 4.79 Å². The molecule has 2 N–H and O–H groups in total. The molecule has 6 nitrogen and oxygen atoms in total. The Morgan fingerprint density at radius 2 is 2.19 bits per heavy atom. The fourth-order valence-corrected chi connectivity index (χ4v) is 3.55. The Bertz CT molecular complexity index is 855. The van der Waals surface area contributed by atoms with E-state index in [0.717, 1.165) is 31.6 Å². The third-order valence-corrected chi connectivity index (χ3v) is 5.15. The first-order chi connectivity index (χ1) is 12.7. The van der Waals surface area contributed by atoms with E-state index in [0.29, 0.717) is 29.0 Å². The maximum Gasteiger partial charge on any atom is 0.320 e. The standard InChI is InChI=1S/C19H19N5OS/c1-3-18-22-17(13-26-18)23-19(25)21-12-14-8-10-24(11-9-14)16-7-5-4-6-15(16)20-2/h1,4-7,13-14H,8-12H2,(H2,21,23,25). The van der Waals surface area contributed by atoms with Gasteiger partial charge in [-0.05, 0) is 30.7 Å². The zero-order chi connectivity index (χ0) is 18.4.